The number of hydrogen-bond acceptors (Lipinski definition) is 2. The van der Waals surface area contributed by atoms with Gasteiger partial charge in [-0.25, -0.2) is 4.39 Å². The lowest BCUT2D eigenvalue weighted by Crippen LogP contribution is -1.83. The van der Waals surface area contributed by atoms with Crippen molar-refractivity contribution in [3.8, 4) is 11.4 Å². The number of nitrogens with one attached hydrogen (secondary N) is 2. The molecule has 2 rings (SSSR count). The number of H-pyrrole nitrogens is 2. The third kappa shape index (κ3) is 1.69. The predicted octanol–water partition coefficient (Wildman–Crippen LogP) is 2.93. The van der Waals surface area contributed by atoms with Crippen LogP contribution in [0.2, 0.25) is 5.02 Å². The van der Waals surface area contributed by atoms with Crippen LogP contribution in [-0.2, 0) is 0 Å². The Bertz CT molecular complexity index is 519. The van der Waals surface area contributed by atoms with Gasteiger partial charge in [-0.1, -0.05) is 11.6 Å². The van der Waals surface area contributed by atoms with Gasteiger partial charge in [-0.15, -0.1) is 0 Å². The first-order valence-electron chi connectivity index (χ1n) is 3.77. The maximum absolute atomic E-state index is 12.8. The molecule has 0 amide bonds. The number of aromatic amines is 2. The minimum atomic E-state index is -0.454. The molecule has 0 unspecified atom stereocenters. The number of aromatic nitrogens is 3. The van der Waals surface area contributed by atoms with Gasteiger partial charge in [-0.2, -0.15) is 4.98 Å². The van der Waals surface area contributed by atoms with Crippen LogP contribution in [0, 0.1) is 10.6 Å². The van der Waals surface area contributed by atoms with Gasteiger partial charge in [0.2, 0.25) is 4.77 Å². The molecule has 0 aliphatic rings. The van der Waals surface area contributed by atoms with Gasteiger partial charge in [0.05, 0.1) is 5.02 Å². The number of rotatable bonds is 1. The molecule has 2 aromatic rings. The molecule has 0 saturated heterocycles. The molecule has 0 atom stereocenters. The molecule has 0 aliphatic heterocycles. The summed E-state index contributed by atoms with van der Waals surface area (Å²) in [7, 11) is 0. The second-order valence-corrected chi connectivity index (χ2v) is 3.44. The Hall–Kier alpha value is -1.20. The van der Waals surface area contributed by atoms with E-state index in [4.69, 9.17) is 23.8 Å². The highest BCUT2D eigenvalue weighted by atomic mass is 35.5. The van der Waals surface area contributed by atoms with Crippen LogP contribution in [0.15, 0.2) is 18.2 Å². The second kappa shape index (κ2) is 3.51. The van der Waals surface area contributed by atoms with E-state index in [1.54, 1.807) is 6.07 Å². The van der Waals surface area contributed by atoms with Crippen molar-refractivity contribution in [1.29, 1.82) is 0 Å². The summed E-state index contributed by atoms with van der Waals surface area (Å²) in [6.07, 6.45) is 0. The van der Waals surface area contributed by atoms with Gasteiger partial charge in [0.25, 0.3) is 0 Å². The van der Waals surface area contributed by atoms with Crippen molar-refractivity contribution >= 4 is 23.8 Å². The van der Waals surface area contributed by atoms with Gasteiger partial charge in [-0.3, -0.25) is 10.2 Å². The minimum absolute atomic E-state index is 0.0600. The zero-order valence-electron chi connectivity index (χ0n) is 6.84. The zero-order valence-corrected chi connectivity index (χ0v) is 8.42. The molecular weight excluding hydrogens is 225 g/mol. The van der Waals surface area contributed by atoms with Crippen molar-refractivity contribution in [3.05, 3.63) is 33.8 Å². The molecule has 0 radical (unpaired) electrons. The van der Waals surface area contributed by atoms with Crippen LogP contribution < -0.4 is 0 Å². The molecule has 0 bridgehead atoms. The largest absolute Gasteiger partial charge is 0.282 e. The summed E-state index contributed by atoms with van der Waals surface area (Å²) < 4.78 is 13.2. The Morgan fingerprint density at radius 3 is 2.71 bits per heavy atom. The predicted molar refractivity (Wildman–Crippen MR) is 54.2 cm³/mol. The zero-order chi connectivity index (χ0) is 10.1. The van der Waals surface area contributed by atoms with E-state index in [2.05, 4.69) is 15.2 Å². The summed E-state index contributed by atoms with van der Waals surface area (Å²) in [4.78, 5) is 3.97. The maximum Gasteiger partial charge on any atom is 0.213 e. The summed E-state index contributed by atoms with van der Waals surface area (Å²) in [5, 5.41) is 5.45. The topological polar surface area (TPSA) is 44.5 Å². The van der Waals surface area contributed by atoms with E-state index in [1.807, 2.05) is 0 Å². The summed E-state index contributed by atoms with van der Waals surface area (Å²) in [5.41, 5.74) is 0.684. The lowest BCUT2D eigenvalue weighted by Gasteiger charge is -1.97. The van der Waals surface area contributed by atoms with Gasteiger partial charge in [0, 0.05) is 5.56 Å². The molecule has 3 nitrogen and oxygen atoms in total. The molecule has 1 aromatic heterocycles. The van der Waals surface area contributed by atoms with Crippen molar-refractivity contribution < 1.29 is 4.39 Å². The fourth-order valence-corrected chi connectivity index (χ4v) is 1.37. The molecule has 0 saturated carbocycles. The SMILES string of the molecule is Fc1ccc(-c2nc(=S)[nH][nH]2)cc1Cl. The molecule has 0 fully saturated rings. The molecular formula is C8H5ClFN3S. The summed E-state index contributed by atoms with van der Waals surface area (Å²) in [6.45, 7) is 0. The monoisotopic (exact) mass is 229 g/mol. The Kier molecular flexibility index (Phi) is 2.35. The number of hydrogen-bond donors (Lipinski definition) is 2. The van der Waals surface area contributed by atoms with Crippen LogP contribution >= 0.6 is 23.8 Å². The van der Waals surface area contributed by atoms with Crippen LogP contribution in [0.3, 0.4) is 0 Å². The van der Waals surface area contributed by atoms with Crippen molar-refractivity contribution in [2.45, 2.75) is 0 Å². The Labute approximate surface area is 88.9 Å². The fourth-order valence-electron chi connectivity index (χ4n) is 1.05. The van der Waals surface area contributed by atoms with Crippen molar-refractivity contribution in [2.24, 2.45) is 0 Å². The fraction of sp³-hybridized carbons (Fsp3) is 0. The van der Waals surface area contributed by atoms with Crippen LogP contribution in [-0.4, -0.2) is 15.2 Å². The Balaban J connectivity index is 2.52. The van der Waals surface area contributed by atoms with Gasteiger partial charge in [0.1, 0.15) is 5.82 Å². The second-order valence-electron chi connectivity index (χ2n) is 2.64. The quantitative estimate of drug-likeness (QED) is 0.739. The molecule has 1 heterocycles. The van der Waals surface area contributed by atoms with E-state index in [1.165, 1.54) is 12.1 Å². The van der Waals surface area contributed by atoms with E-state index in [-0.39, 0.29) is 5.02 Å². The maximum atomic E-state index is 12.8. The molecule has 0 spiro atoms. The third-order valence-corrected chi connectivity index (χ3v) is 2.18. The van der Waals surface area contributed by atoms with Gasteiger partial charge >= 0.3 is 0 Å². The number of nitrogens with zero attached hydrogens (tertiary/aromatic N) is 1. The van der Waals surface area contributed by atoms with Crippen molar-refractivity contribution in [1.82, 2.24) is 15.2 Å². The highest BCUT2D eigenvalue weighted by Gasteiger charge is 2.04. The molecule has 2 N–H and O–H groups in total. The van der Waals surface area contributed by atoms with E-state index >= 15 is 0 Å². The number of halogens is 2. The average molecular weight is 230 g/mol. The molecule has 72 valence electrons. The molecule has 6 heteroatoms. The Morgan fingerprint density at radius 2 is 2.14 bits per heavy atom. The van der Waals surface area contributed by atoms with Crippen molar-refractivity contribution in [3.63, 3.8) is 0 Å². The first-order valence-corrected chi connectivity index (χ1v) is 4.55. The first-order chi connectivity index (χ1) is 6.66. The lowest BCUT2D eigenvalue weighted by molar-refractivity contribution is 0.628. The highest BCUT2D eigenvalue weighted by molar-refractivity contribution is 7.71. The standard InChI is InChI=1S/C8H5ClFN3S/c9-5-3-4(1-2-6(5)10)7-11-8(14)13-12-7/h1-3H,(H2,11,12,13,14). The molecule has 0 aliphatic carbocycles. The normalized spacial score (nSPS) is 10.4. The average Bonchev–Trinajstić information content (AvgIpc) is 2.57. The smallest absolute Gasteiger partial charge is 0.213 e. The summed E-state index contributed by atoms with van der Waals surface area (Å²) in [6, 6.07) is 4.34. The van der Waals surface area contributed by atoms with Crippen LogP contribution in [0.25, 0.3) is 11.4 Å². The van der Waals surface area contributed by atoms with E-state index in [9.17, 15) is 4.39 Å². The number of benzene rings is 1. The van der Waals surface area contributed by atoms with Crippen molar-refractivity contribution in [2.75, 3.05) is 0 Å². The first kappa shape index (κ1) is 9.36. The molecule has 14 heavy (non-hydrogen) atoms. The van der Waals surface area contributed by atoms with E-state index in [0.717, 1.165) is 0 Å². The third-order valence-electron chi connectivity index (χ3n) is 1.69. The van der Waals surface area contributed by atoms with Gasteiger partial charge in [0.15, 0.2) is 5.82 Å². The Morgan fingerprint density at radius 1 is 1.36 bits per heavy atom. The van der Waals surface area contributed by atoms with Gasteiger partial charge in [-0.05, 0) is 30.4 Å². The molecule has 1 aromatic carbocycles. The summed E-state index contributed by atoms with van der Waals surface area (Å²) in [5.74, 6) is 0.0847. The van der Waals surface area contributed by atoms with Crippen LogP contribution in [0.4, 0.5) is 4.39 Å². The van der Waals surface area contributed by atoms with E-state index < -0.39 is 5.82 Å². The highest BCUT2D eigenvalue weighted by Crippen LogP contribution is 2.21. The van der Waals surface area contributed by atoms with Crippen LogP contribution in [0.1, 0.15) is 0 Å². The minimum Gasteiger partial charge on any atom is -0.282 e. The van der Waals surface area contributed by atoms with E-state index in [0.29, 0.717) is 16.2 Å². The lowest BCUT2D eigenvalue weighted by atomic mass is 10.2. The van der Waals surface area contributed by atoms with Gasteiger partial charge < -0.3 is 0 Å². The van der Waals surface area contributed by atoms with Crippen LogP contribution in [0.5, 0.6) is 0 Å². The summed E-state index contributed by atoms with van der Waals surface area (Å²) >= 11 is 10.4.